The number of fused-ring (bicyclic) bond motifs is 1. The summed E-state index contributed by atoms with van der Waals surface area (Å²) in [6.07, 6.45) is 5.50. The van der Waals surface area contributed by atoms with E-state index in [1.165, 1.54) is 12.8 Å². The predicted molar refractivity (Wildman–Crippen MR) is 74.3 cm³/mol. The summed E-state index contributed by atoms with van der Waals surface area (Å²) in [5.41, 5.74) is 0.112. The zero-order chi connectivity index (χ0) is 14.1. The molecule has 20 heavy (non-hydrogen) atoms. The molecule has 0 aliphatic carbocycles. The number of hydrogen-bond acceptors (Lipinski definition) is 3. The third kappa shape index (κ3) is 2.65. The second kappa shape index (κ2) is 5.66. The minimum atomic E-state index is -0.551. The SMILES string of the molecule is O=C(NC1CCN2CCCCC12)c1cc(F)cnc1Cl. The van der Waals surface area contributed by atoms with E-state index in [1.807, 2.05) is 0 Å². The molecule has 108 valence electrons. The molecule has 0 aromatic carbocycles. The molecule has 6 heteroatoms. The lowest BCUT2D eigenvalue weighted by Crippen LogP contribution is -2.46. The monoisotopic (exact) mass is 297 g/mol. The standard InChI is InChI=1S/C14H17ClFN3O/c15-13-10(7-9(16)8-17-13)14(20)18-11-4-6-19-5-2-1-3-12(11)19/h7-8,11-12H,1-6H2,(H,18,20). The van der Waals surface area contributed by atoms with Gasteiger partial charge in [-0.3, -0.25) is 9.69 Å². The number of aromatic nitrogens is 1. The van der Waals surface area contributed by atoms with Crippen molar-refractivity contribution in [3.63, 3.8) is 0 Å². The van der Waals surface area contributed by atoms with Crippen LogP contribution in [-0.2, 0) is 0 Å². The molecule has 0 saturated carbocycles. The smallest absolute Gasteiger partial charge is 0.254 e. The molecule has 1 aromatic rings. The van der Waals surface area contributed by atoms with E-state index in [9.17, 15) is 9.18 Å². The fourth-order valence-corrected chi connectivity index (χ4v) is 3.43. The van der Waals surface area contributed by atoms with Gasteiger partial charge in [0, 0.05) is 18.6 Å². The molecule has 2 aliphatic heterocycles. The topological polar surface area (TPSA) is 45.2 Å². The molecule has 1 aromatic heterocycles. The molecule has 2 saturated heterocycles. The highest BCUT2D eigenvalue weighted by atomic mass is 35.5. The van der Waals surface area contributed by atoms with Crippen LogP contribution in [0.1, 0.15) is 36.0 Å². The summed E-state index contributed by atoms with van der Waals surface area (Å²) in [6.45, 7) is 2.13. The summed E-state index contributed by atoms with van der Waals surface area (Å²) in [5.74, 6) is -0.885. The highest BCUT2D eigenvalue weighted by molar-refractivity contribution is 6.32. The lowest BCUT2D eigenvalue weighted by molar-refractivity contribution is 0.0914. The number of nitrogens with one attached hydrogen (secondary N) is 1. The van der Waals surface area contributed by atoms with E-state index in [0.29, 0.717) is 6.04 Å². The van der Waals surface area contributed by atoms with Gasteiger partial charge in [-0.1, -0.05) is 18.0 Å². The first-order chi connectivity index (χ1) is 9.65. The normalized spacial score (nSPS) is 26.3. The van der Waals surface area contributed by atoms with Gasteiger partial charge in [-0.15, -0.1) is 0 Å². The molecular weight excluding hydrogens is 281 g/mol. The number of carbonyl (C=O) groups is 1. The first-order valence-corrected chi connectivity index (χ1v) is 7.39. The number of piperidine rings is 1. The highest BCUT2D eigenvalue weighted by Gasteiger charge is 2.36. The Kier molecular flexibility index (Phi) is 3.89. The number of pyridine rings is 1. The molecule has 0 bridgehead atoms. The van der Waals surface area contributed by atoms with Crippen molar-refractivity contribution in [1.29, 1.82) is 0 Å². The molecule has 1 N–H and O–H groups in total. The van der Waals surface area contributed by atoms with Gasteiger partial charge in [-0.2, -0.15) is 0 Å². The van der Waals surface area contributed by atoms with Crippen molar-refractivity contribution >= 4 is 17.5 Å². The molecule has 2 unspecified atom stereocenters. The Morgan fingerprint density at radius 2 is 2.25 bits per heavy atom. The van der Waals surface area contributed by atoms with Gasteiger partial charge >= 0.3 is 0 Å². The summed E-state index contributed by atoms with van der Waals surface area (Å²) >= 11 is 5.86. The molecule has 0 spiro atoms. The molecule has 2 fully saturated rings. The second-order valence-electron chi connectivity index (χ2n) is 5.46. The lowest BCUT2D eigenvalue weighted by atomic mass is 9.99. The van der Waals surface area contributed by atoms with Crippen LogP contribution >= 0.6 is 11.6 Å². The summed E-state index contributed by atoms with van der Waals surface area (Å²) in [6, 6.07) is 1.67. The molecule has 0 radical (unpaired) electrons. The average molecular weight is 298 g/mol. The van der Waals surface area contributed by atoms with Gasteiger partial charge in [0.2, 0.25) is 0 Å². The molecular formula is C14H17ClFN3O. The van der Waals surface area contributed by atoms with Gasteiger partial charge in [-0.25, -0.2) is 9.37 Å². The fraction of sp³-hybridized carbons (Fsp3) is 0.571. The zero-order valence-corrected chi connectivity index (χ0v) is 11.9. The third-order valence-corrected chi connectivity index (χ3v) is 4.52. The molecule has 2 aliphatic rings. The minimum absolute atomic E-state index is 0.0439. The molecule has 2 atom stereocenters. The Morgan fingerprint density at radius 1 is 1.40 bits per heavy atom. The van der Waals surface area contributed by atoms with Crippen LogP contribution in [0.5, 0.6) is 0 Å². The van der Waals surface area contributed by atoms with Gasteiger partial charge in [0.25, 0.3) is 5.91 Å². The largest absolute Gasteiger partial charge is 0.348 e. The van der Waals surface area contributed by atoms with E-state index in [0.717, 1.165) is 38.2 Å². The van der Waals surface area contributed by atoms with Crippen LogP contribution in [0.3, 0.4) is 0 Å². The van der Waals surface area contributed by atoms with Gasteiger partial charge in [0.1, 0.15) is 11.0 Å². The third-order valence-electron chi connectivity index (χ3n) is 4.22. The first-order valence-electron chi connectivity index (χ1n) is 7.01. The molecule has 3 rings (SSSR count). The summed E-state index contributed by atoms with van der Waals surface area (Å²) < 4.78 is 13.2. The van der Waals surface area contributed by atoms with E-state index < -0.39 is 5.82 Å². The van der Waals surface area contributed by atoms with E-state index in [-0.39, 0.29) is 22.7 Å². The quantitative estimate of drug-likeness (QED) is 0.852. The van der Waals surface area contributed by atoms with Crippen molar-refractivity contribution < 1.29 is 9.18 Å². The maximum Gasteiger partial charge on any atom is 0.254 e. The van der Waals surface area contributed by atoms with Gasteiger partial charge in [0.15, 0.2) is 0 Å². The Balaban J connectivity index is 1.71. The van der Waals surface area contributed by atoms with Gasteiger partial charge < -0.3 is 5.32 Å². The summed E-state index contributed by atoms with van der Waals surface area (Å²) in [7, 11) is 0. The van der Waals surface area contributed by atoms with Crippen molar-refractivity contribution in [2.45, 2.75) is 37.8 Å². The second-order valence-corrected chi connectivity index (χ2v) is 5.82. The Bertz CT molecular complexity index is 525. The maximum absolute atomic E-state index is 13.2. The predicted octanol–water partition coefficient (Wildman–Crippen LogP) is 2.23. The Morgan fingerprint density at radius 3 is 3.10 bits per heavy atom. The van der Waals surface area contributed by atoms with E-state index in [2.05, 4.69) is 15.2 Å². The maximum atomic E-state index is 13.2. The number of amides is 1. The number of halogens is 2. The Labute approximate surface area is 122 Å². The van der Waals surface area contributed by atoms with Crippen molar-refractivity contribution in [2.24, 2.45) is 0 Å². The number of hydrogen-bond donors (Lipinski definition) is 1. The van der Waals surface area contributed by atoms with Crippen LogP contribution in [0.25, 0.3) is 0 Å². The van der Waals surface area contributed by atoms with Crippen LogP contribution in [0.15, 0.2) is 12.3 Å². The van der Waals surface area contributed by atoms with Crippen LogP contribution in [0.4, 0.5) is 4.39 Å². The van der Waals surface area contributed by atoms with Crippen molar-refractivity contribution in [2.75, 3.05) is 13.1 Å². The van der Waals surface area contributed by atoms with Crippen LogP contribution in [0, 0.1) is 5.82 Å². The zero-order valence-electron chi connectivity index (χ0n) is 11.1. The van der Waals surface area contributed by atoms with Crippen molar-refractivity contribution in [3.05, 3.63) is 28.8 Å². The molecule has 4 nitrogen and oxygen atoms in total. The van der Waals surface area contributed by atoms with Crippen LogP contribution in [0.2, 0.25) is 5.15 Å². The van der Waals surface area contributed by atoms with E-state index >= 15 is 0 Å². The van der Waals surface area contributed by atoms with Crippen molar-refractivity contribution in [1.82, 2.24) is 15.2 Å². The van der Waals surface area contributed by atoms with Gasteiger partial charge in [-0.05, 0) is 31.9 Å². The van der Waals surface area contributed by atoms with Crippen LogP contribution in [-0.4, -0.2) is 41.0 Å². The minimum Gasteiger partial charge on any atom is -0.348 e. The lowest BCUT2D eigenvalue weighted by Gasteiger charge is -2.32. The molecule has 1 amide bonds. The Hall–Kier alpha value is -1.20. The van der Waals surface area contributed by atoms with E-state index in [4.69, 9.17) is 11.6 Å². The van der Waals surface area contributed by atoms with E-state index in [1.54, 1.807) is 0 Å². The average Bonchev–Trinajstić information content (AvgIpc) is 2.85. The first kappa shape index (κ1) is 13.8. The van der Waals surface area contributed by atoms with Gasteiger partial charge in [0.05, 0.1) is 11.8 Å². The van der Waals surface area contributed by atoms with Crippen LogP contribution < -0.4 is 5.32 Å². The van der Waals surface area contributed by atoms with Crippen molar-refractivity contribution in [3.8, 4) is 0 Å². The fourth-order valence-electron chi connectivity index (χ4n) is 3.24. The molecule has 3 heterocycles. The summed E-state index contributed by atoms with van der Waals surface area (Å²) in [4.78, 5) is 18.3. The highest BCUT2D eigenvalue weighted by Crippen LogP contribution is 2.27. The summed E-state index contributed by atoms with van der Waals surface area (Å²) in [5, 5.41) is 3.03. The number of carbonyl (C=O) groups excluding carboxylic acids is 1. The number of nitrogens with zero attached hydrogens (tertiary/aromatic N) is 2. The number of rotatable bonds is 2.